The number of benzene rings is 2. The third-order valence-electron chi connectivity index (χ3n) is 4.17. The third kappa shape index (κ3) is 3.83. The van der Waals surface area contributed by atoms with E-state index < -0.39 is 0 Å². The fraction of sp³-hybridized carbons (Fsp3) is 0.158. The SMILES string of the molecule is Cc1ccc(OCC(=O)Nc2nn3c(-c4cccc(Cl)c4)nnc3s2)cc1C. The molecule has 1 N–H and O–H groups in total. The summed E-state index contributed by atoms with van der Waals surface area (Å²) in [5.41, 5.74) is 3.08. The number of ether oxygens (including phenoxy) is 1. The van der Waals surface area contributed by atoms with E-state index in [4.69, 9.17) is 16.3 Å². The van der Waals surface area contributed by atoms with Crippen LogP contribution >= 0.6 is 22.9 Å². The lowest BCUT2D eigenvalue weighted by Crippen LogP contribution is -2.20. The number of amides is 1. The number of aromatic nitrogens is 4. The fourth-order valence-electron chi connectivity index (χ4n) is 2.58. The maximum absolute atomic E-state index is 12.2. The molecule has 9 heteroatoms. The zero-order valence-corrected chi connectivity index (χ0v) is 16.7. The van der Waals surface area contributed by atoms with E-state index >= 15 is 0 Å². The lowest BCUT2D eigenvalue weighted by atomic mass is 10.1. The highest BCUT2D eigenvalue weighted by Gasteiger charge is 2.15. The molecule has 2 heterocycles. The van der Waals surface area contributed by atoms with Crippen LogP contribution in [0.1, 0.15) is 11.1 Å². The number of carbonyl (C=O) groups is 1. The molecule has 4 aromatic rings. The molecule has 0 aliphatic heterocycles. The summed E-state index contributed by atoms with van der Waals surface area (Å²) in [4.78, 5) is 12.8. The van der Waals surface area contributed by atoms with Crippen molar-refractivity contribution in [3.05, 3.63) is 58.6 Å². The van der Waals surface area contributed by atoms with Crippen molar-refractivity contribution in [2.75, 3.05) is 11.9 Å². The Morgan fingerprint density at radius 3 is 2.82 bits per heavy atom. The highest BCUT2D eigenvalue weighted by Crippen LogP contribution is 2.25. The molecular weight excluding hydrogens is 398 g/mol. The first kappa shape index (κ1) is 18.4. The first-order chi connectivity index (χ1) is 13.5. The quantitative estimate of drug-likeness (QED) is 0.531. The molecule has 2 aromatic carbocycles. The Kier molecular flexibility index (Phi) is 4.97. The predicted octanol–water partition coefficient (Wildman–Crippen LogP) is 4.14. The molecule has 0 unspecified atom stereocenters. The maximum Gasteiger partial charge on any atom is 0.264 e. The van der Waals surface area contributed by atoms with E-state index in [1.807, 2.05) is 44.2 Å². The molecule has 142 valence electrons. The van der Waals surface area contributed by atoms with Crippen LogP contribution < -0.4 is 10.1 Å². The standard InChI is InChI=1S/C19H16ClN5O2S/c1-11-6-7-15(8-12(11)2)27-10-16(26)21-18-24-25-17(22-23-19(25)28-18)13-4-3-5-14(20)9-13/h3-9H,10H2,1-2H3,(H,21,24,26). The number of hydrogen-bond acceptors (Lipinski definition) is 6. The van der Waals surface area contributed by atoms with Gasteiger partial charge in [-0.1, -0.05) is 41.1 Å². The zero-order chi connectivity index (χ0) is 19.7. The van der Waals surface area contributed by atoms with E-state index in [0.717, 1.165) is 11.1 Å². The van der Waals surface area contributed by atoms with Crippen LogP contribution in [0, 0.1) is 13.8 Å². The van der Waals surface area contributed by atoms with E-state index in [2.05, 4.69) is 20.6 Å². The molecule has 0 fully saturated rings. The molecule has 0 radical (unpaired) electrons. The molecule has 7 nitrogen and oxygen atoms in total. The zero-order valence-electron chi connectivity index (χ0n) is 15.1. The van der Waals surface area contributed by atoms with Crippen LogP contribution in [0.25, 0.3) is 16.3 Å². The minimum atomic E-state index is -0.299. The minimum absolute atomic E-state index is 0.107. The van der Waals surface area contributed by atoms with Crippen molar-refractivity contribution in [3.8, 4) is 17.1 Å². The summed E-state index contributed by atoms with van der Waals surface area (Å²) < 4.78 is 7.13. The van der Waals surface area contributed by atoms with Gasteiger partial charge in [0.2, 0.25) is 10.1 Å². The van der Waals surface area contributed by atoms with Crippen molar-refractivity contribution in [1.82, 2.24) is 19.8 Å². The van der Waals surface area contributed by atoms with Gasteiger partial charge in [-0.05, 0) is 49.2 Å². The topological polar surface area (TPSA) is 81.4 Å². The van der Waals surface area contributed by atoms with Crippen LogP contribution in [0.3, 0.4) is 0 Å². The summed E-state index contributed by atoms with van der Waals surface area (Å²) in [6, 6.07) is 13.0. The second-order valence-electron chi connectivity index (χ2n) is 6.22. The molecule has 0 saturated carbocycles. The summed E-state index contributed by atoms with van der Waals surface area (Å²) in [5, 5.41) is 16.4. The van der Waals surface area contributed by atoms with E-state index in [1.165, 1.54) is 16.9 Å². The Morgan fingerprint density at radius 2 is 2.04 bits per heavy atom. The van der Waals surface area contributed by atoms with E-state index in [-0.39, 0.29) is 12.5 Å². The van der Waals surface area contributed by atoms with E-state index in [1.54, 1.807) is 16.6 Å². The molecule has 0 saturated heterocycles. The summed E-state index contributed by atoms with van der Waals surface area (Å²) >= 11 is 7.27. The van der Waals surface area contributed by atoms with Gasteiger partial charge in [0, 0.05) is 10.6 Å². The van der Waals surface area contributed by atoms with Gasteiger partial charge >= 0.3 is 0 Å². The number of nitrogens with zero attached hydrogens (tertiary/aromatic N) is 4. The van der Waals surface area contributed by atoms with Crippen molar-refractivity contribution >= 4 is 38.9 Å². The van der Waals surface area contributed by atoms with Crippen molar-refractivity contribution in [2.24, 2.45) is 0 Å². The van der Waals surface area contributed by atoms with Crippen LogP contribution in [0.2, 0.25) is 5.02 Å². The third-order valence-corrected chi connectivity index (χ3v) is 5.22. The van der Waals surface area contributed by atoms with Gasteiger partial charge in [0.15, 0.2) is 12.4 Å². The summed E-state index contributed by atoms with van der Waals surface area (Å²) in [6.45, 7) is 3.92. The second kappa shape index (κ2) is 7.57. The molecule has 28 heavy (non-hydrogen) atoms. The number of aryl methyl sites for hydroxylation is 2. The van der Waals surface area contributed by atoms with Gasteiger partial charge in [-0.15, -0.1) is 15.3 Å². The highest BCUT2D eigenvalue weighted by atomic mass is 35.5. The summed E-state index contributed by atoms with van der Waals surface area (Å²) in [5.74, 6) is 0.910. The largest absolute Gasteiger partial charge is 0.484 e. The molecule has 1 amide bonds. The molecule has 0 bridgehead atoms. The normalized spacial score (nSPS) is 11.0. The van der Waals surface area contributed by atoms with Gasteiger partial charge in [-0.2, -0.15) is 4.52 Å². The number of carbonyl (C=O) groups excluding carboxylic acids is 1. The number of fused-ring (bicyclic) bond motifs is 1. The first-order valence-electron chi connectivity index (χ1n) is 8.48. The number of anilines is 1. The molecule has 4 rings (SSSR count). The Morgan fingerprint density at radius 1 is 1.18 bits per heavy atom. The highest BCUT2D eigenvalue weighted by molar-refractivity contribution is 7.20. The van der Waals surface area contributed by atoms with Gasteiger partial charge in [0.05, 0.1) is 0 Å². The van der Waals surface area contributed by atoms with E-state index in [9.17, 15) is 4.79 Å². The monoisotopic (exact) mass is 413 g/mol. The Hall–Kier alpha value is -2.97. The van der Waals surface area contributed by atoms with Gasteiger partial charge < -0.3 is 4.74 Å². The average molecular weight is 414 g/mol. The lowest BCUT2D eigenvalue weighted by Gasteiger charge is -2.07. The number of rotatable bonds is 5. The van der Waals surface area contributed by atoms with Gasteiger partial charge in [-0.25, -0.2) is 0 Å². The fourth-order valence-corrected chi connectivity index (χ4v) is 3.53. The maximum atomic E-state index is 12.2. The van der Waals surface area contributed by atoms with Crippen LogP contribution in [0.4, 0.5) is 5.13 Å². The Balaban J connectivity index is 1.46. The summed E-state index contributed by atoms with van der Waals surface area (Å²) in [7, 11) is 0. The van der Waals surface area contributed by atoms with Crippen molar-refractivity contribution in [2.45, 2.75) is 13.8 Å². The molecule has 2 aromatic heterocycles. The van der Waals surface area contributed by atoms with Gasteiger partial charge in [0.25, 0.3) is 5.91 Å². The number of nitrogens with one attached hydrogen (secondary N) is 1. The average Bonchev–Trinajstić information content (AvgIpc) is 3.22. The van der Waals surface area contributed by atoms with Crippen molar-refractivity contribution < 1.29 is 9.53 Å². The molecule has 0 aliphatic rings. The molecule has 0 spiro atoms. The molecular formula is C19H16ClN5O2S. The number of hydrogen-bond donors (Lipinski definition) is 1. The predicted molar refractivity (Wildman–Crippen MR) is 109 cm³/mol. The van der Waals surface area contributed by atoms with Crippen molar-refractivity contribution in [3.63, 3.8) is 0 Å². The van der Waals surface area contributed by atoms with E-state index in [0.29, 0.717) is 26.7 Å². The lowest BCUT2D eigenvalue weighted by molar-refractivity contribution is -0.118. The van der Waals surface area contributed by atoms with Crippen LogP contribution in [0.5, 0.6) is 5.75 Å². The van der Waals surface area contributed by atoms with Gasteiger partial charge in [-0.3, -0.25) is 10.1 Å². The molecule has 0 aliphatic carbocycles. The van der Waals surface area contributed by atoms with Crippen LogP contribution in [-0.2, 0) is 4.79 Å². The molecule has 0 atom stereocenters. The first-order valence-corrected chi connectivity index (χ1v) is 9.67. The van der Waals surface area contributed by atoms with Crippen LogP contribution in [0.15, 0.2) is 42.5 Å². The Bertz CT molecular complexity index is 1170. The number of halogens is 1. The van der Waals surface area contributed by atoms with Crippen LogP contribution in [-0.4, -0.2) is 32.3 Å². The summed E-state index contributed by atoms with van der Waals surface area (Å²) in [6.07, 6.45) is 0. The smallest absolute Gasteiger partial charge is 0.264 e. The van der Waals surface area contributed by atoms with Gasteiger partial charge in [0.1, 0.15) is 5.75 Å². The van der Waals surface area contributed by atoms with Crippen molar-refractivity contribution in [1.29, 1.82) is 0 Å². The Labute approximate surface area is 169 Å². The second-order valence-corrected chi connectivity index (χ2v) is 7.61. The minimum Gasteiger partial charge on any atom is -0.484 e.